The van der Waals surface area contributed by atoms with E-state index >= 15 is 0 Å². The van der Waals surface area contributed by atoms with Gasteiger partial charge in [-0.15, -0.1) is 0 Å². The lowest BCUT2D eigenvalue weighted by molar-refractivity contribution is -0.0512. The number of phenolic OH excluding ortho intramolecular Hbond substituents is 1. The maximum absolute atomic E-state index is 11.9. The minimum Gasteiger partial charge on any atom is -0.504 e. The smallest absolute Gasteiger partial charge is 0.387 e. The molecule has 8 heteroatoms. The molecule has 1 aromatic carbocycles. The highest BCUT2D eigenvalue weighted by atomic mass is 32.2. The number of sulfonamides is 1. The standard InChI is InChI=1S/C9H11F2NO4S/c1-12-17(14,15)5-6-2-3-8(7(13)4-6)16-9(10)11/h2-4,9,12-13H,5H2,1H3. The zero-order valence-electron chi connectivity index (χ0n) is 8.85. The van der Waals surface area contributed by atoms with Crippen molar-refractivity contribution in [2.45, 2.75) is 12.4 Å². The lowest BCUT2D eigenvalue weighted by Crippen LogP contribution is -2.20. The molecule has 0 fully saturated rings. The average molecular weight is 267 g/mol. The predicted molar refractivity (Wildman–Crippen MR) is 56.4 cm³/mol. The number of alkyl halides is 2. The van der Waals surface area contributed by atoms with Crippen LogP contribution in [-0.4, -0.2) is 27.2 Å². The highest BCUT2D eigenvalue weighted by Crippen LogP contribution is 2.28. The largest absolute Gasteiger partial charge is 0.504 e. The van der Waals surface area contributed by atoms with Gasteiger partial charge in [-0.1, -0.05) is 6.07 Å². The first-order chi connectivity index (χ1) is 7.84. The Balaban J connectivity index is 2.89. The van der Waals surface area contributed by atoms with Crippen molar-refractivity contribution in [3.63, 3.8) is 0 Å². The molecule has 0 saturated heterocycles. The number of nitrogens with one attached hydrogen (secondary N) is 1. The Morgan fingerprint density at radius 1 is 1.47 bits per heavy atom. The van der Waals surface area contributed by atoms with Crippen molar-refractivity contribution in [2.75, 3.05) is 7.05 Å². The number of aromatic hydroxyl groups is 1. The fraction of sp³-hybridized carbons (Fsp3) is 0.333. The van der Waals surface area contributed by atoms with Crippen LogP contribution in [0.5, 0.6) is 11.5 Å². The molecule has 0 aliphatic carbocycles. The van der Waals surface area contributed by atoms with E-state index in [1.807, 2.05) is 0 Å². The Morgan fingerprint density at radius 2 is 2.12 bits per heavy atom. The van der Waals surface area contributed by atoms with Gasteiger partial charge in [-0.2, -0.15) is 8.78 Å². The molecule has 96 valence electrons. The fourth-order valence-corrected chi connectivity index (χ4v) is 1.90. The number of rotatable bonds is 5. The summed E-state index contributed by atoms with van der Waals surface area (Å²) >= 11 is 0. The molecule has 1 aromatic rings. The summed E-state index contributed by atoms with van der Waals surface area (Å²) in [6, 6.07) is 3.43. The summed E-state index contributed by atoms with van der Waals surface area (Å²) in [5.41, 5.74) is 0.262. The van der Waals surface area contributed by atoms with Crippen molar-refractivity contribution in [1.29, 1.82) is 0 Å². The maximum Gasteiger partial charge on any atom is 0.387 e. The SMILES string of the molecule is CNS(=O)(=O)Cc1ccc(OC(F)F)c(O)c1. The first-order valence-electron chi connectivity index (χ1n) is 4.52. The molecule has 0 aromatic heterocycles. The van der Waals surface area contributed by atoms with Crippen molar-refractivity contribution in [3.05, 3.63) is 23.8 Å². The van der Waals surface area contributed by atoms with Crippen LogP contribution in [0.2, 0.25) is 0 Å². The Labute approximate surface area is 97.1 Å². The topological polar surface area (TPSA) is 75.6 Å². The molecule has 1 rings (SSSR count). The van der Waals surface area contributed by atoms with E-state index < -0.39 is 28.1 Å². The second-order valence-electron chi connectivity index (χ2n) is 3.14. The van der Waals surface area contributed by atoms with Gasteiger partial charge in [-0.3, -0.25) is 0 Å². The summed E-state index contributed by atoms with van der Waals surface area (Å²) in [5, 5.41) is 9.34. The molecule has 2 N–H and O–H groups in total. The minimum absolute atomic E-state index is 0.262. The molecule has 0 spiro atoms. The summed E-state index contributed by atoms with van der Waals surface area (Å²) in [4.78, 5) is 0. The lowest BCUT2D eigenvalue weighted by atomic mass is 10.2. The normalized spacial score (nSPS) is 11.8. The number of ether oxygens (including phenoxy) is 1. The molecule has 17 heavy (non-hydrogen) atoms. The Morgan fingerprint density at radius 3 is 2.59 bits per heavy atom. The molecule has 0 aliphatic heterocycles. The summed E-state index contributed by atoms with van der Waals surface area (Å²) in [6.07, 6.45) is 0. The second kappa shape index (κ2) is 5.28. The van der Waals surface area contributed by atoms with Crippen LogP contribution in [0, 0.1) is 0 Å². The molecule has 5 nitrogen and oxygen atoms in total. The predicted octanol–water partition coefficient (Wildman–Crippen LogP) is 1.04. The molecular formula is C9H11F2NO4S. The highest BCUT2D eigenvalue weighted by Gasteiger charge is 2.13. The molecule has 0 bridgehead atoms. The van der Waals surface area contributed by atoms with Gasteiger partial charge in [0.05, 0.1) is 5.75 Å². The Bertz CT molecular complexity index is 490. The number of halogens is 2. The highest BCUT2D eigenvalue weighted by molar-refractivity contribution is 7.88. The quantitative estimate of drug-likeness (QED) is 0.836. The summed E-state index contributed by atoms with van der Waals surface area (Å²) < 4.78 is 52.3. The van der Waals surface area contributed by atoms with E-state index in [4.69, 9.17) is 0 Å². The Kier molecular flexibility index (Phi) is 4.24. The van der Waals surface area contributed by atoms with Crippen LogP contribution in [-0.2, 0) is 15.8 Å². The average Bonchev–Trinajstić information content (AvgIpc) is 2.21. The van der Waals surface area contributed by atoms with Gasteiger partial charge in [-0.05, 0) is 24.7 Å². The van der Waals surface area contributed by atoms with Crippen molar-refractivity contribution in [3.8, 4) is 11.5 Å². The van der Waals surface area contributed by atoms with Gasteiger partial charge < -0.3 is 9.84 Å². The van der Waals surface area contributed by atoms with Gasteiger partial charge in [0.1, 0.15) is 0 Å². The number of phenols is 1. The first-order valence-corrected chi connectivity index (χ1v) is 6.17. The summed E-state index contributed by atoms with van der Waals surface area (Å²) in [6.45, 7) is -3.05. The first kappa shape index (κ1) is 13.7. The van der Waals surface area contributed by atoms with E-state index in [1.165, 1.54) is 13.1 Å². The van der Waals surface area contributed by atoms with Crippen LogP contribution >= 0.6 is 0 Å². The Hall–Kier alpha value is -1.41. The van der Waals surface area contributed by atoms with Crippen LogP contribution in [0.1, 0.15) is 5.56 Å². The van der Waals surface area contributed by atoms with E-state index in [-0.39, 0.29) is 11.3 Å². The molecule has 0 saturated carbocycles. The molecular weight excluding hydrogens is 256 g/mol. The zero-order valence-corrected chi connectivity index (χ0v) is 9.67. The summed E-state index contributed by atoms with van der Waals surface area (Å²) in [5.74, 6) is -1.29. The van der Waals surface area contributed by atoms with Crippen LogP contribution in [0.25, 0.3) is 0 Å². The number of hydrogen-bond donors (Lipinski definition) is 2. The van der Waals surface area contributed by atoms with Gasteiger partial charge in [-0.25, -0.2) is 13.1 Å². The van der Waals surface area contributed by atoms with Crippen LogP contribution in [0.3, 0.4) is 0 Å². The van der Waals surface area contributed by atoms with E-state index in [0.29, 0.717) is 0 Å². The third-order valence-electron chi connectivity index (χ3n) is 1.91. The van der Waals surface area contributed by atoms with E-state index in [9.17, 15) is 22.3 Å². The van der Waals surface area contributed by atoms with E-state index in [0.717, 1.165) is 12.1 Å². The molecule has 0 heterocycles. The van der Waals surface area contributed by atoms with Gasteiger partial charge in [0.15, 0.2) is 11.5 Å². The number of hydrogen-bond acceptors (Lipinski definition) is 4. The van der Waals surface area contributed by atoms with Crippen LogP contribution in [0.4, 0.5) is 8.78 Å². The van der Waals surface area contributed by atoms with Crippen molar-refractivity contribution < 1.29 is 27.0 Å². The van der Waals surface area contributed by atoms with Gasteiger partial charge >= 0.3 is 6.61 Å². The fourth-order valence-electron chi connectivity index (χ4n) is 1.14. The van der Waals surface area contributed by atoms with Crippen molar-refractivity contribution in [1.82, 2.24) is 4.72 Å². The lowest BCUT2D eigenvalue weighted by Gasteiger charge is -2.08. The van der Waals surface area contributed by atoms with Crippen LogP contribution in [0.15, 0.2) is 18.2 Å². The summed E-state index contributed by atoms with van der Waals surface area (Å²) in [7, 11) is -2.22. The molecule has 0 radical (unpaired) electrons. The zero-order chi connectivity index (χ0) is 13.1. The van der Waals surface area contributed by atoms with E-state index in [1.54, 1.807) is 0 Å². The van der Waals surface area contributed by atoms with Gasteiger partial charge in [0.25, 0.3) is 0 Å². The number of benzene rings is 1. The minimum atomic E-state index is -3.48. The van der Waals surface area contributed by atoms with Gasteiger partial charge in [0.2, 0.25) is 10.0 Å². The van der Waals surface area contributed by atoms with Crippen LogP contribution < -0.4 is 9.46 Å². The monoisotopic (exact) mass is 267 g/mol. The third kappa shape index (κ3) is 4.16. The second-order valence-corrected chi connectivity index (χ2v) is 5.07. The van der Waals surface area contributed by atoms with Gasteiger partial charge in [0, 0.05) is 0 Å². The van der Waals surface area contributed by atoms with E-state index in [2.05, 4.69) is 9.46 Å². The van der Waals surface area contributed by atoms with Crippen molar-refractivity contribution in [2.24, 2.45) is 0 Å². The molecule has 0 unspecified atom stereocenters. The molecule has 0 aliphatic rings. The molecule has 0 atom stereocenters. The maximum atomic E-state index is 11.9. The van der Waals surface area contributed by atoms with Crippen molar-refractivity contribution >= 4 is 10.0 Å². The third-order valence-corrected chi connectivity index (χ3v) is 3.24. The molecule has 0 amide bonds.